The van der Waals surface area contributed by atoms with Gasteiger partial charge in [0.1, 0.15) is 11.9 Å². The fourth-order valence-electron chi connectivity index (χ4n) is 1.75. The van der Waals surface area contributed by atoms with Gasteiger partial charge in [-0.1, -0.05) is 0 Å². The molecule has 1 fully saturated rings. The summed E-state index contributed by atoms with van der Waals surface area (Å²) in [5, 5.41) is 8.05. The first-order chi connectivity index (χ1) is 8.97. The maximum atomic E-state index is 13.4. The Morgan fingerprint density at radius 2 is 2.26 bits per heavy atom. The van der Waals surface area contributed by atoms with Crippen LogP contribution in [0.5, 0.6) is 0 Å². The number of hydrogen-bond acceptors (Lipinski definition) is 3. The van der Waals surface area contributed by atoms with Crippen molar-refractivity contribution >= 4 is 33.4 Å². The van der Waals surface area contributed by atoms with Gasteiger partial charge < -0.3 is 10.6 Å². The summed E-state index contributed by atoms with van der Waals surface area (Å²) < 4.78 is 13.8. The van der Waals surface area contributed by atoms with E-state index in [4.69, 9.17) is 0 Å². The van der Waals surface area contributed by atoms with E-state index >= 15 is 0 Å². The molecule has 1 unspecified atom stereocenters. The third-order valence-electron chi connectivity index (χ3n) is 2.85. The summed E-state index contributed by atoms with van der Waals surface area (Å²) in [5.74, 6) is -0.884. The molecule has 2 amide bonds. The molecule has 2 rings (SSSR count). The molecule has 102 valence electrons. The molecule has 0 spiro atoms. The fourth-order valence-corrected chi connectivity index (χ4v) is 2.21. The van der Waals surface area contributed by atoms with E-state index in [1.807, 2.05) is 0 Å². The normalized spacial score (nSPS) is 18.9. The number of aryl methyl sites for hydroxylation is 1. The second-order valence-electron chi connectivity index (χ2n) is 4.31. The first kappa shape index (κ1) is 14.0. The molecule has 0 aromatic heterocycles. The molecular formula is C12H13BrFN3O2. The third-order valence-corrected chi connectivity index (χ3v) is 3.46. The highest BCUT2D eigenvalue weighted by Crippen LogP contribution is 2.24. The molecular weight excluding hydrogens is 317 g/mol. The molecule has 0 aliphatic carbocycles. The molecule has 3 N–H and O–H groups in total. The van der Waals surface area contributed by atoms with Gasteiger partial charge in [-0.2, -0.15) is 0 Å². The number of benzene rings is 1. The number of carbonyl (C=O) groups excluding carboxylic acids is 2. The maximum absolute atomic E-state index is 13.4. The van der Waals surface area contributed by atoms with Crippen LogP contribution in [0, 0.1) is 12.7 Å². The second kappa shape index (κ2) is 5.66. The number of rotatable bonds is 2. The highest BCUT2D eigenvalue weighted by atomic mass is 79.9. The molecule has 1 aromatic rings. The SMILES string of the molecule is Cc1cc(Br)c(F)cc1NC(=O)C1CNC(=O)CN1. The van der Waals surface area contributed by atoms with Crippen LogP contribution in [-0.4, -0.2) is 30.9 Å². The van der Waals surface area contributed by atoms with E-state index in [9.17, 15) is 14.0 Å². The standard InChI is InChI=1S/C12H13BrFN3O2/c1-6-2-7(13)8(14)3-9(6)17-12(19)10-4-16-11(18)5-15-10/h2-3,10,15H,4-5H2,1H3,(H,16,18)(H,17,19). The van der Waals surface area contributed by atoms with E-state index in [0.717, 1.165) is 5.56 Å². The van der Waals surface area contributed by atoms with Gasteiger partial charge in [0.25, 0.3) is 0 Å². The lowest BCUT2D eigenvalue weighted by Crippen LogP contribution is -2.56. The zero-order valence-corrected chi connectivity index (χ0v) is 11.8. The molecule has 0 radical (unpaired) electrons. The predicted molar refractivity (Wildman–Crippen MR) is 72.3 cm³/mol. The monoisotopic (exact) mass is 329 g/mol. The van der Waals surface area contributed by atoms with Gasteiger partial charge in [-0.25, -0.2) is 4.39 Å². The largest absolute Gasteiger partial charge is 0.353 e. The van der Waals surface area contributed by atoms with Crippen LogP contribution in [0.2, 0.25) is 0 Å². The smallest absolute Gasteiger partial charge is 0.243 e. The van der Waals surface area contributed by atoms with Crippen molar-refractivity contribution in [2.75, 3.05) is 18.4 Å². The summed E-state index contributed by atoms with van der Waals surface area (Å²) in [6.45, 7) is 2.10. The topological polar surface area (TPSA) is 70.2 Å². The van der Waals surface area contributed by atoms with Crippen molar-refractivity contribution in [2.45, 2.75) is 13.0 Å². The Balaban J connectivity index is 2.07. The molecule has 1 aromatic carbocycles. The third kappa shape index (κ3) is 3.30. The molecule has 1 heterocycles. The Hall–Kier alpha value is -1.47. The number of hydrogen-bond donors (Lipinski definition) is 3. The van der Waals surface area contributed by atoms with Gasteiger partial charge in [-0.05, 0) is 40.5 Å². The maximum Gasteiger partial charge on any atom is 0.243 e. The van der Waals surface area contributed by atoms with Crippen molar-refractivity contribution in [3.8, 4) is 0 Å². The first-order valence-electron chi connectivity index (χ1n) is 5.74. The van der Waals surface area contributed by atoms with Crippen molar-refractivity contribution in [2.24, 2.45) is 0 Å². The number of anilines is 1. The minimum absolute atomic E-state index is 0.103. The zero-order valence-electron chi connectivity index (χ0n) is 10.2. The lowest BCUT2D eigenvalue weighted by Gasteiger charge is -2.23. The second-order valence-corrected chi connectivity index (χ2v) is 5.16. The summed E-state index contributed by atoms with van der Waals surface area (Å²) in [4.78, 5) is 22.9. The van der Waals surface area contributed by atoms with Crippen LogP contribution >= 0.6 is 15.9 Å². The van der Waals surface area contributed by atoms with Crippen molar-refractivity contribution in [1.82, 2.24) is 10.6 Å². The molecule has 1 atom stereocenters. The highest BCUT2D eigenvalue weighted by Gasteiger charge is 2.24. The van der Waals surface area contributed by atoms with Gasteiger partial charge in [-0.15, -0.1) is 0 Å². The lowest BCUT2D eigenvalue weighted by molar-refractivity contribution is -0.124. The molecule has 7 heteroatoms. The van der Waals surface area contributed by atoms with Gasteiger partial charge in [0.05, 0.1) is 11.0 Å². The van der Waals surface area contributed by atoms with Gasteiger partial charge in [-0.3, -0.25) is 14.9 Å². The van der Waals surface area contributed by atoms with Gasteiger partial charge in [0.15, 0.2) is 0 Å². The molecule has 1 saturated heterocycles. The number of nitrogens with one attached hydrogen (secondary N) is 3. The van der Waals surface area contributed by atoms with Crippen LogP contribution in [-0.2, 0) is 9.59 Å². The molecule has 19 heavy (non-hydrogen) atoms. The summed E-state index contributed by atoms with van der Waals surface area (Å²) in [6, 6.07) is 2.35. The average molecular weight is 330 g/mol. The van der Waals surface area contributed by atoms with Crippen LogP contribution < -0.4 is 16.0 Å². The molecule has 0 saturated carbocycles. The molecule has 5 nitrogen and oxygen atoms in total. The van der Waals surface area contributed by atoms with E-state index in [1.165, 1.54) is 6.07 Å². The number of amides is 2. The quantitative estimate of drug-likeness (QED) is 0.755. The Morgan fingerprint density at radius 1 is 1.53 bits per heavy atom. The van der Waals surface area contributed by atoms with Gasteiger partial charge in [0.2, 0.25) is 11.8 Å². The van der Waals surface area contributed by atoms with Crippen molar-refractivity contribution < 1.29 is 14.0 Å². The van der Waals surface area contributed by atoms with E-state index in [-0.39, 0.29) is 24.9 Å². The summed E-state index contributed by atoms with van der Waals surface area (Å²) in [7, 11) is 0. The van der Waals surface area contributed by atoms with E-state index in [0.29, 0.717) is 10.2 Å². The summed E-state index contributed by atoms with van der Waals surface area (Å²) >= 11 is 3.08. The fraction of sp³-hybridized carbons (Fsp3) is 0.333. The Morgan fingerprint density at radius 3 is 2.89 bits per heavy atom. The van der Waals surface area contributed by atoms with E-state index < -0.39 is 11.9 Å². The Labute approximate surface area is 118 Å². The zero-order chi connectivity index (χ0) is 14.0. The van der Waals surface area contributed by atoms with Gasteiger partial charge >= 0.3 is 0 Å². The van der Waals surface area contributed by atoms with Crippen LogP contribution in [0.1, 0.15) is 5.56 Å². The first-order valence-corrected chi connectivity index (χ1v) is 6.53. The van der Waals surface area contributed by atoms with Crippen LogP contribution in [0.15, 0.2) is 16.6 Å². The summed E-state index contributed by atoms with van der Waals surface area (Å²) in [5.41, 5.74) is 1.17. The Kier molecular flexibility index (Phi) is 4.16. The molecule has 0 bridgehead atoms. The van der Waals surface area contributed by atoms with Crippen molar-refractivity contribution in [3.05, 3.63) is 28.0 Å². The molecule has 1 aliphatic heterocycles. The van der Waals surface area contributed by atoms with Crippen LogP contribution in [0.3, 0.4) is 0 Å². The number of halogens is 2. The van der Waals surface area contributed by atoms with Crippen molar-refractivity contribution in [1.29, 1.82) is 0 Å². The lowest BCUT2D eigenvalue weighted by atomic mass is 10.1. The minimum atomic E-state index is -0.510. The summed E-state index contributed by atoms with van der Waals surface area (Å²) in [6.07, 6.45) is 0. The average Bonchev–Trinajstić information content (AvgIpc) is 2.36. The van der Waals surface area contributed by atoms with Gasteiger partial charge in [0, 0.05) is 12.2 Å². The number of piperazine rings is 1. The minimum Gasteiger partial charge on any atom is -0.353 e. The number of carbonyl (C=O) groups is 2. The highest BCUT2D eigenvalue weighted by molar-refractivity contribution is 9.10. The molecule has 1 aliphatic rings. The van der Waals surface area contributed by atoms with E-state index in [1.54, 1.807) is 13.0 Å². The Bertz CT molecular complexity index is 526. The van der Waals surface area contributed by atoms with Crippen LogP contribution in [0.4, 0.5) is 10.1 Å². The predicted octanol–water partition coefficient (Wildman–Crippen LogP) is 0.923. The van der Waals surface area contributed by atoms with Crippen LogP contribution in [0.25, 0.3) is 0 Å². The van der Waals surface area contributed by atoms with E-state index in [2.05, 4.69) is 31.9 Å². The van der Waals surface area contributed by atoms with Crippen molar-refractivity contribution in [3.63, 3.8) is 0 Å².